The van der Waals surface area contributed by atoms with Gasteiger partial charge in [-0.3, -0.25) is 0 Å². The summed E-state index contributed by atoms with van der Waals surface area (Å²) in [5.74, 6) is 0.702. The van der Waals surface area contributed by atoms with Gasteiger partial charge in [-0.1, -0.05) is 6.92 Å². The highest BCUT2D eigenvalue weighted by atomic mass is 15.0. The molecule has 2 heterocycles. The summed E-state index contributed by atoms with van der Waals surface area (Å²) >= 11 is 0. The van der Waals surface area contributed by atoms with Crippen LogP contribution in [-0.4, -0.2) is 15.0 Å². The molecule has 4 N–H and O–H groups in total. The molecular formula is C9H11N5. The SMILES string of the molecule is CCc1cnc2c(N)nc(N)cc2n1. The van der Waals surface area contributed by atoms with Crippen LogP contribution in [0.3, 0.4) is 0 Å². The summed E-state index contributed by atoms with van der Waals surface area (Å²) < 4.78 is 0. The van der Waals surface area contributed by atoms with Crippen molar-refractivity contribution in [3.05, 3.63) is 18.0 Å². The number of hydrogen-bond acceptors (Lipinski definition) is 5. The van der Waals surface area contributed by atoms with Gasteiger partial charge in [-0.2, -0.15) is 0 Å². The van der Waals surface area contributed by atoms with Crippen LogP contribution in [0.4, 0.5) is 11.6 Å². The fourth-order valence-electron chi connectivity index (χ4n) is 1.27. The Balaban J connectivity index is 2.75. The zero-order valence-electron chi connectivity index (χ0n) is 7.86. The van der Waals surface area contributed by atoms with Crippen molar-refractivity contribution >= 4 is 22.7 Å². The van der Waals surface area contributed by atoms with Gasteiger partial charge < -0.3 is 11.5 Å². The topological polar surface area (TPSA) is 90.7 Å². The van der Waals surface area contributed by atoms with Crippen molar-refractivity contribution < 1.29 is 0 Å². The van der Waals surface area contributed by atoms with Gasteiger partial charge in [0.05, 0.1) is 11.2 Å². The minimum absolute atomic E-state index is 0.329. The van der Waals surface area contributed by atoms with Gasteiger partial charge in [0.1, 0.15) is 11.3 Å². The first kappa shape index (κ1) is 8.68. The van der Waals surface area contributed by atoms with E-state index in [-0.39, 0.29) is 0 Å². The minimum Gasteiger partial charge on any atom is -0.384 e. The minimum atomic E-state index is 0.329. The average Bonchev–Trinajstić information content (AvgIpc) is 2.16. The molecule has 0 saturated heterocycles. The lowest BCUT2D eigenvalue weighted by atomic mass is 10.3. The molecule has 0 aliphatic heterocycles. The van der Waals surface area contributed by atoms with Gasteiger partial charge in [-0.05, 0) is 6.42 Å². The molecule has 2 aromatic rings. The summed E-state index contributed by atoms with van der Waals surface area (Å²) in [5.41, 5.74) is 13.4. The normalized spacial score (nSPS) is 10.6. The monoisotopic (exact) mass is 189 g/mol. The predicted molar refractivity (Wildman–Crippen MR) is 55.5 cm³/mol. The Morgan fingerprint density at radius 3 is 2.79 bits per heavy atom. The number of nitrogens with two attached hydrogens (primary N) is 2. The van der Waals surface area contributed by atoms with Crippen molar-refractivity contribution in [1.29, 1.82) is 0 Å². The van der Waals surface area contributed by atoms with Crippen molar-refractivity contribution in [2.24, 2.45) is 0 Å². The van der Waals surface area contributed by atoms with Crippen molar-refractivity contribution in [3.8, 4) is 0 Å². The standard InChI is InChI=1S/C9H11N5/c1-2-5-4-12-8-6(13-5)3-7(10)14-9(8)11/h3-4H,2H2,1H3,(H4,10,11,14). The average molecular weight is 189 g/mol. The molecule has 5 heteroatoms. The van der Waals surface area contributed by atoms with E-state index in [2.05, 4.69) is 15.0 Å². The molecule has 0 aromatic carbocycles. The number of aromatic nitrogens is 3. The molecule has 0 saturated carbocycles. The fourth-order valence-corrected chi connectivity index (χ4v) is 1.27. The zero-order valence-corrected chi connectivity index (χ0v) is 7.86. The second kappa shape index (κ2) is 3.10. The Morgan fingerprint density at radius 1 is 1.29 bits per heavy atom. The van der Waals surface area contributed by atoms with Gasteiger partial charge in [-0.25, -0.2) is 15.0 Å². The third-order valence-corrected chi connectivity index (χ3v) is 1.99. The Kier molecular flexibility index (Phi) is 1.92. The maximum absolute atomic E-state index is 5.65. The molecule has 5 nitrogen and oxygen atoms in total. The van der Waals surface area contributed by atoms with Gasteiger partial charge in [0.15, 0.2) is 5.82 Å². The van der Waals surface area contributed by atoms with Gasteiger partial charge in [0.2, 0.25) is 0 Å². The van der Waals surface area contributed by atoms with Crippen LogP contribution in [0.5, 0.6) is 0 Å². The van der Waals surface area contributed by atoms with Gasteiger partial charge >= 0.3 is 0 Å². The molecule has 0 atom stereocenters. The first-order valence-corrected chi connectivity index (χ1v) is 4.38. The Morgan fingerprint density at radius 2 is 2.07 bits per heavy atom. The Bertz CT molecular complexity index is 480. The van der Waals surface area contributed by atoms with Crippen LogP contribution in [0.1, 0.15) is 12.6 Å². The van der Waals surface area contributed by atoms with Crippen LogP contribution in [0, 0.1) is 0 Å². The largest absolute Gasteiger partial charge is 0.384 e. The Hall–Kier alpha value is -1.91. The number of nitrogen functional groups attached to an aromatic ring is 2. The van der Waals surface area contributed by atoms with Crippen LogP contribution in [0.15, 0.2) is 12.3 Å². The molecule has 0 amide bonds. The summed E-state index contributed by atoms with van der Waals surface area (Å²) in [7, 11) is 0. The molecule has 0 aliphatic rings. The van der Waals surface area contributed by atoms with Crippen molar-refractivity contribution in [3.63, 3.8) is 0 Å². The highest BCUT2D eigenvalue weighted by molar-refractivity contribution is 5.85. The number of aryl methyl sites for hydroxylation is 1. The number of pyridine rings is 1. The number of anilines is 2. The van der Waals surface area contributed by atoms with Gasteiger partial charge in [0, 0.05) is 12.3 Å². The molecule has 14 heavy (non-hydrogen) atoms. The van der Waals surface area contributed by atoms with Crippen molar-refractivity contribution in [2.45, 2.75) is 13.3 Å². The maximum Gasteiger partial charge on any atom is 0.154 e. The molecule has 0 bridgehead atoms. The summed E-state index contributed by atoms with van der Waals surface area (Å²) in [5, 5.41) is 0. The van der Waals surface area contributed by atoms with Crippen molar-refractivity contribution in [2.75, 3.05) is 11.5 Å². The van der Waals surface area contributed by atoms with E-state index in [1.54, 1.807) is 12.3 Å². The van der Waals surface area contributed by atoms with E-state index in [0.717, 1.165) is 12.1 Å². The van der Waals surface area contributed by atoms with E-state index in [1.165, 1.54) is 0 Å². The molecule has 0 spiro atoms. The second-order valence-electron chi connectivity index (χ2n) is 3.01. The van der Waals surface area contributed by atoms with Crippen LogP contribution in [0.2, 0.25) is 0 Å². The number of fused-ring (bicyclic) bond motifs is 1. The highest BCUT2D eigenvalue weighted by Gasteiger charge is 2.04. The van der Waals surface area contributed by atoms with E-state index in [1.807, 2.05) is 6.92 Å². The summed E-state index contributed by atoms with van der Waals surface area (Å²) in [6.07, 6.45) is 2.54. The lowest BCUT2D eigenvalue weighted by Gasteiger charge is -2.02. The molecule has 72 valence electrons. The summed E-state index contributed by atoms with van der Waals surface area (Å²) in [6.45, 7) is 2.02. The smallest absolute Gasteiger partial charge is 0.154 e. The van der Waals surface area contributed by atoms with Gasteiger partial charge in [0.25, 0.3) is 0 Å². The second-order valence-corrected chi connectivity index (χ2v) is 3.01. The molecule has 2 rings (SSSR count). The zero-order chi connectivity index (χ0) is 10.1. The van der Waals surface area contributed by atoms with E-state index >= 15 is 0 Å². The molecule has 2 aromatic heterocycles. The van der Waals surface area contributed by atoms with E-state index < -0.39 is 0 Å². The maximum atomic E-state index is 5.65. The van der Waals surface area contributed by atoms with Gasteiger partial charge in [-0.15, -0.1) is 0 Å². The van der Waals surface area contributed by atoms with E-state index in [0.29, 0.717) is 22.7 Å². The molecule has 0 aliphatic carbocycles. The third-order valence-electron chi connectivity index (χ3n) is 1.99. The van der Waals surface area contributed by atoms with E-state index in [9.17, 15) is 0 Å². The lowest BCUT2D eigenvalue weighted by Crippen LogP contribution is -2.00. The molecule has 0 unspecified atom stereocenters. The molecule has 0 radical (unpaired) electrons. The third kappa shape index (κ3) is 1.32. The lowest BCUT2D eigenvalue weighted by molar-refractivity contribution is 1.03. The molecule has 0 fully saturated rings. The summed E-state index contributed by atoms with van der Waals surface area (Å²) in [6, 6.07) is 1.68. The van der Waals surface area contributed by atoms with Crippen LogP contribution >= 0.6 is 0 Å². The van der Waals surface area contributed by atoms with Crippen molar-refractivity contribution in [1.82, 2.24) is 15.0 Å². The summed E-state index contributed by atoms with van der Waals surface area (Å²) in [4.78, 5) is 12.5. The predicted octanol–water partition coefficient (Wildman–Crippen LogP) is 0.752. The van der Waals surface area contributed by atoms with Crippen LogP contribution < -0.4 is 11.5 Å². The van der Waals surface area contributed by atoms with E-state index in [4.69, 9.17) is 11.5 Å². The quantitative estimate of drug-likeness (QED) is 0.690. The highest BCUT2D eigenvalue weighted by Crippen LogP contribution is 2.17. The number of hydrogen-bond donors (Lipinski definition) is 2. The molecular weight excluding hydrogens is 178 g/mol. The first-order valence-electron chi connectivity index (χ1n) is 4.38. The van der Waals surface area contributed by atoms with Crippen LogP contribution in [-0.2, 0) is 6.42 Å². The first-order chi connectivity index (χ1) is 6.70. The number of rotatable bonds is 1. The number of nitrogens with zero attached hydrogens (tertiary/aromatic N) is 3. The fraction of sp³-hybridized carbons (Fsp3) is 0.222. The van der Waals surface area contributed by atoms with Crippen LogP contribution in [0.25, 0.3) is 11.0 Å². The Labute approximate surface area is 81.2 Å².